The van der Waals surface area contributed by atoms with E-state index in [0.717, 1.165) is 18.9 Å². The van der Waals surface area contributed by atoms with Crippen LogP contribution in [0.4, 0.5) is 0 Å². The summed E-state index contributed by atoms with van der Waals surface area (Å²) in [5, 5.41) is 5.03. The first-order valence-electron chi connectivity index (χ1n) is 6.49. The molecule has 0 aromatic heterocycles. The van der Waals surface area contributed by atoms with Gasteiger partial charge in [0, 0.05) is 19.6 Å². The second kappa shape index (κ2) is 5.65. The van der Waals surface area contributed by atoms with Gasteiger partial charge in [-0.25, -0.2) is 22.0 Å². The van der Waals surface area contributed by atoms with Gasteiger partial charge in [-0.1, -0.05) is 6.07 Å². The second-order valence-corrected chi connectivity index (χ2v) is 8.74. The highest BCUT2D eigenvalue weighted by Crippen LogP contribution is 2.36. The van der Waals surface area contributed by atoms with Crippen molar-refractivity contribution in [3.05, 3.63) is 24.3 Å². The Kier molecular flexibility index (Phi) is 4.41. The molecule has 0 radical (unpaired) electrons. The molecule has 0 heterocycles. The molecule has 7 nitrogen and oxygen atoms in total. The number of sulfonamides is 2. The lowest BCUT2D eigenvalue weighted by atomic mass is 10.2. The lowest BCUT2D eigenvalue weighted by molar-refractivity contribution is 0.340. The van der Waals surface area contributed by atoms with Crippen molar-refractivity contribution in [1.82, 2.24) is 4.31 Å². The number of hydrogen-bond acceptors (Lipinski definition) is 5. The summed E-state index contributed by atoms with van der Waals surface area (Å²) in [6.07, 6.45) is 1.91. The van der Waals surface area contributed by atoms with Crippen molar-refractivity contribution in [1.29, 1.82) is 0 Å². The first-order chi connectivity index (χ1) is 9.67. The first kappa shape index (κ1) is 16.4. The van der Waals surface area contributed by atoms with Crippen LogP contribution in [0, 0.1) is 5.92 Å². The van der Waals surface area contributed by atoms with E-state index in [9.17, 15) is 16.8 Å². The number of likely N-dealkylation sites (N-methyl/N-ethyl adjacent to an activating group) is 1. The Labute approximate surface area is 125 Å². The van der Waals surface area contributed by atoms with E-state index in [2.05, 4.69) is 0 Å². The Morgan fingerprint density at radius 3 is 2.29 bits per heavy atom. The van der Waals surface area contributed by atoms with E-state index < -0.39 is 20.0 Å². The van der Waals surface area contributed by atoms with E-state index in [4.69, 9.17) is 10.9 Å². The van der Waals surface area contributed by atoms with Gasteiger partial charge >= 0.3 is 0 Å². The molecular weight excluding hydrogens is 314 g/mol. The van der Waals surface area contributed by atoms with Gasteiger partial charge in [0.2, 0.25) is 20.0 Å². The van der Waals surface area contributed by atoms with Crippen LogP contribution in [0.15, 0.2) is 34.1 Å². The van der Waals surface area contributed by atoms with E-state index in [1.807, 2.05) is 0 Å². The van der Waals surface area contributed by atoms with Gasteiger partial charge < -0.3 is 5.73 Å². The summed E-state index contributed by atoms with van der Waals surface area (Å²) in [5.74, 6) is 0.274. The average molecular weight is 333 g/mol. The maximum Gasteiger partial charge on any atom is 0.243 e. The minimum Gasteiger partial charge on any atom is -0.329 e. The van der Waals surface area contributed by atoms with Crippen molar-refractivity contribution in [2.24, 2.45) is 16.8 Å². The van der Waals surface area contributed by atoms with Gasteiger partial charge in [-0.2, -0.15) is 4.31 Å². The van der Waals surface area contributed by atoms with Gasteiger partial charge in [-0.3, -0.25) is 0 Å². The fourth-order valence-corrected chi connectivity index (χ4v) is 4.38. The molecule has 0 amide bonds. The molecule has 1 atom stereocenters. The molecule has 0 saturated heterocycles. The van der Waals surface area contributed by atoms with Crippen LogP contribution in [0.25, 0.3) is 0 Å². The monoisotopic (exact) mass is 333 g/mol. The SMILES string of the molecule is CN(C(CN)C1CC1)S(=O)(=O)c1cccc(S(N)(=O)=O)c1. The molecule has 118 valence electrons. The topological polar surface area (TPSA) is 124 Å². The molecule has 1 aliphatic carbocycles. The van der Waals surface area contributed by atoms with Crippen molar-refractivity contribution < 1.29 is 16.8 Å². The number of nitrogens with two attached hydrogens (primary N) is 2. The van der Waals surface area contributed by atoms with Crippen molar-refractivity contribution >= 4 is 20.0 Å². The Hall–Kier alpha value is -1.00. The maximum atomic E-state index is 12.6. The van der Waals surface area contributed by atoms with E-state index >= 15 is 0 Å². The molecular formula is C12H19N3O4S2. The van der Waals surface area contributed by atoms with E-state index in [0.29, 0.717) is 0 Å². The first-order valence-corrected chi connectivity index (χ1v) is 9.47. The zero-order chi connectivity index (χ0) is 15.8. The zero-order valence-corrected chi connectivity index (χ0v) is 13.3. The Morgan fingerprint density at radius 2 is 1.81 bits per heavy atom. The highest BCUT2D eigenvalue weighted by molar-refractivity contribution is 7.90. The molecule has 0 spiro atoms. The lowest BCUT2D eigenvalue weighted by Gasteiger charge is -2.26. The lowest BCUT2D eigenvalue weighted by Crippen LogP contribution is -2.43. The van der Waals surface area contributed by atoms with Gasteiger partial charge in [0.15, 0.2) is 0 Å². The minimum atomic E-state index is -3.95. The summed E-state index contributed by atoms with van der Waals surface area (Å²) in [6, 6.07) is 4.76. The highest BCUT2D eigenvalue weighted by Gasteiger charge is 2.38. The summed E-state index contributed by atoms with van der Waals surface area (Å²) in [5.41, 5.74) is 5.67. The van der Waals surface area contributed by atoms with Crippen LogP contribution in [0.5, 0.6) is 0 Å². The zero-order valence-electron chi connectivity index (χ0n) is 11.6. The molecule has 1 aromatic rings. The fourth-order valence-electron chi connectivity index (χ4n) is 2.27. The number of benzene rings is 1. The molecule has 0 bridgehead atoms. The fraction of sp³-hybridized carbons (Fsp3) is 0.500. The molecule has 4 N–H and O–H groups in total. The summed E-state index contributed by atoms with van der Waals surface area (Å²) in [7, 11) is -6.29. The predicted molar refractivity (Wildman–Crippen MR) is 78.3 cm³/mol. The Bertz CT molecular complexity index is 727. The largest absolute Gasteiger partial charge is 0.329 e. The third-order valence-electron chi connectivity index (χ3n) is 3.69. The van der Waals surface area contributed by atoms with E-state index in [1.165, 1.54) is 29.6 Å². The third-order valence-corrected chi connectivity index (χ3v) is 6.48. The van der Waals surface area contributed by atoms with Crippen LogP contribution in [-0.2, 0) is 20.0 Å². The average Bonchev–Trinajstić information content (AvgIpc) is 3.23. The van der Waals surface area contributed by atoms with E-state index in [-0.39, 0.29) is 28.3 Å². The molecule has 1 aromatic carbocycles. The third kappa shape index (κ3) is 3.43. The standard InChI is InChI=1S/C12H19N3O4S2/c1-15(12(8-13)9-5-6-9)21(18,19)11-4-2-3-10(7-11)20(14,16)17/h2-4,7,9,12H,5-6,8,13H2,1H3,(H2,14,16,17). The number of nitrogens with zero attached hydrogens (tertiary/aromatic N) is 1. The summed E-state index contributed by atoms with van der Waals surface area (Å²) in [4.78, 5) is -0.330. The van der Waals surface area contributed by atoms with Crippen LogP contribution in [0.2, 0.25) is 0 Å². The molecule has 2 rings (SSSR count). The molecule has 1 fully saturated rings. The Balaban J connectivity index is 2.39. The van der Waals surface area contributed by atoms with Gasteiger partial charge in [0.05, 0.1) is 9.79 Å². The van der Waals surface area contributed by atoms with Gasteiger partial charge in [-0.05, 0) is 37.0 Å². The summed E-state index contributed by atoms with van der Waals surface area (Å²) in [6.45, 7) is 0.231. The summed E-state index contributed by atoms with van der Waals surface area (Å²) < 4.78 is 49.1. The summed E-state index contributed by atoms with van der Waals surface area (Å²) >= 11 is 0. The molecule has 1 aliphatic rings. The van der Waals surface area contributed by atoms with Crippen molar-refractivity contribution in [3.8, 4) is 0 Å². The van der Waals surface area contributed by atoms with E-state index in [1.54, 1.807) is 0 Å². The quantitative estimate of drug-likeness (QED) is 0.739. The molecule has 9 heteroatoms. The van der Waals surface area contributed by atoms with Crippen molar-refractivity contribution in [2.75, 3.05) is 13.6 Å². The van der Waals surface area contributed by atoms with Crippen LogP contribution >= 0.6 is 0 Å². The van der Waals surface area contributed by atoms with Crippen LogP contribution in [0.3, 0.4) is 0 Å². The minimum absolute atomic E-state index is 0.101. The van der Waals surface area contributed by atoms with Crippen molar-refractivity contribution in [3.63, 3.8) is 0 Å². The molecule has 21 heavy (non-hydrogen) atoms. The number of rotatable bonds is 6. The second-order valence-electron chi connectivity index (χ2n) is 5.18. The van der Waals surface area contributed by atoms with Crippen molar-refractivity contribution in [2.45, 2.75) is 28.7 Å². The number of hydrogen-bond donors (Lipinski definition) is 2. The van der Waals surface area contributed by atoms with Crippen LogP contribution in [-0.4, -0.2) is 40.8 Å². The number of primary sulfonamides is 1. The van der Waals surface area contributed by atoms with Gasteiger partial charge in [0.1, 0.15) is 0 Å². The van der Waals surface area contributed by atoms with Gasteiger partial charge in [-0.15, -0.1) is 0 Å². The normalized spacial score (nSPS) is 17.9. The predicted octanol–water partition coefficient (Wildman–Crippen LogP) is -0.308. The van der Waals surface area contributed by atoms with Crippen LogP contribution in [0.1, 0.15) is 12.8 Å². The smallest absolute Gasteiger partial charge is 0.243 e. The maximum absolute atomic E-state index is 12.6. The molecule has 1 unspecified atom stereocenters. The molecule has 0 aliphatic heterocycles. The molecule has 1 saturated carbocycles. The van der Waals surface area contributed by atoms with Gasteiger partial charge in [0.25, 0.3) is 0 Å². The Morgan fingerprint density at radius 1 is 1.24 bits per heavy atom. The highest BCUT2D eigenvalue weighted by atomic mass is 32.2. The van der Waals surface area contributed by atoms with Crippen LogP contribution < -0.4 is 10.9 Å².